The maximum Gasteiger partial charge on any atom is 0.173 e. The van der Waals surface area contributed by atoms with E-state index in [1.165, 1.54) is 0 Å². The highest BCUT2D eigenvalue weighted by Gasteiger charge is 2.38. The van der Waals surface area contributed by atoms with E-state index in [1.807, 2.05) is 60.7 Å². The van der Waals surface area contributed by atoms with Crippen molar-refractivity contribution in [3.63, 3.8) is 0 Å². The van der Waals surface area contributed by atoms with Gasteiger partial charge in [-0.3, -0.25) is 4.79 Å². The van der Waals surface area contributed by atoms with Crippen molar-refractivity contribution in [3.05, 3.63) is 90.5 Å². The molecule has 4 heteroatoms. The first kappa shape index (κ1) is 18.2. The molecule has 1 atom stereocenters. The normalized spacial score (nSPS) is 12.4. The third kappa shape index (κ3) is 3.36. The van der Waals surface area contributed by atoms with Crippen LogP contribution in [0.15, 0.2) is 84.9 Å². The van der Waals surface area contributed by atoms with Crippen molar-refractivity contribution in [2.45, 2.75) is 12.6 Å². The Morgan fingerprint density at radius 1 is 0.808 bits per heavy atom. The van der Waals surface area contributed by atoms with Gasteiger partial charge in [-0.2, -0.15) is 0 Å². The van der Waals surface area contributed by atoms with Crippen LogP contribution >= 0.6 is 7.14 Å². The van der Waals surface area contributed by atoms with Crippen molar-refractivity contribution >= 4 is 23.5 Å². The molecule has 0 N–H and O–H groups in total. The van der Waals surface area contributed by atoms with Gasteiger partial charge in [0.05, 0.1) is 12.8 Å². The molecular formula is C22H21O3P. The molecule has 0 aliphatic heterocycles. The fourth-order valence-electron chi connectivity index (χ4n) is 3.06. The average Bonchev–Trinajstić information content (AvgIpc) is 2.73. The second-order valence-corrected chi connectivity index (χ2v) is 9.22. The predicted molar refractivity (Wildman–Crippen MR) is 107 cm³/mol. The first-order valence-electron chi connectivity index (χ1n) is 8.46. The molecule has 0 spiro atoms. The lowest BCUT2D eigenvalue weighted by atomic mass is 10.1. The highest BCUT2D eigenvalue weighted by molar-refractivity contribution is 7.80. The molecule has 0 aliphatic rings. The average molecular weight is 364 g/mol. The number of benzene rings is 3. The summed E-state index contributed by atoms with van der Waals surface area (Å²) in [5.41, 5.74) is -0.133. The lowest BCUT2D eigenvalue weighted by Gasteiger charge is -2.25. The molecule has 0 fully saturated rings. The van der Waals surface area contributed by atoms with Crippen molar-refractivity contribution in [3.8, 4) is 5.75 Å². The van der Waals surface area contributed by atoms with E-state index in [0.29, 0.717) is 21.9 Å². The predicted octanol–water partition coefficient (Wildman–Crippen LogP) is 4.28. The van der Waals surface area contributed by atoms with E-state index in [1.54, 1.807) is 38.3 Å². The standard InChI is InChI=1S/C22H21O3P/c1-17(22(23)18-13-15-19(25-2)16-14-18)26(24,20-9-5-3-6-10-20)21-11-7-4-8-12-21/h3-17H,1-2H3. The summed E-state index contributed by atoms with van der Waals surface area (Å²) in [6, 6.07) is 25.5. The second-order valence-electron chi connectivity index (χ2n) is 6.10. The number of hydrogen-bond acceptors (Lipinski definition) is 3. The van der Waals surface area contributed by atoms with Crippen LogP contribution in [0.4, 0.5) is 0 Å². The van der Waals surface area contributed by atoms with Gasteiger partial charge in [-0.1, -0.05) is 60.7 Å². The minimum atomic E-state index is -3.14. The summed E-state index contributed by atoms with van der Waals surface area (Å²) in [5.74, 6) is 0.548. The van der Waals surface area contributed by atoms with Gasteiger partial charge in [0.15, 0.2) is 12.9 Å². The third-order valence-electron chi connectivity index (χ3n) is 4.58. The van der Waals surface area contributed by atoms with Crippen LogP contribution in [0.25, 0.3) is 0 Å². The number of carbonyl (C=O) groups is 1. The van der Waals surface area contributed by atoms with E-state index in [-0.39, 0.29) is 5.78 Å². The van der Waals surface area contributed by atoms with Gasteiger partial charge < -0.3 is 9.30 Å². The molecule has 0 heterocycles. The van der Waals surface area contributed by atoms with Crippen LogP contribution < -0.4 is 15.3 Å². The number of hydrogen-bond donors (Lipinski definition) is 0. The molecule has 0 amide bonds. The zero-order chi connectivity index (χ0) is 18.6. The van der Waals surface area contributed by atoms with E-state index in [2.05, 4.69) is 0 Å². The van der Waals surface area contributed by atoms with Gasteiger partial charge in [0.1, 0.15) is 5.75 Å². The first-order chi connectivity index (χ1) is 12.6. The molecule has 3 aromatic rings. The van der Waals surface area contributed by atoms with Gasteiger partial charge in [0.25, 0.3) is 0 Å². The van der Waals surface area contributed by atoms with E-state index < -0.39 is 12.8 Å². The molecule has 0 bridgehead atoms. The second kappa shape index (κ2) is 7.72. The van der Waals surface area contributed by atoms with Gasteiger partial charge in [-0.05, 0) is 31.2 Å². The Kier molecular flexibility index (Phi) is 5.39. The number of carbonyl (C=O) groups excluding carboxylic acids is 1. The first-order valence-corrected chi connectivity index (χ1v) is 10.2. The topological polar surface area (TPSA) is 43.4 Å². The zero-order valence-electron chi connectivity index (χ0n) is 14.8. The summed E-state index contributed by atoms with van der Waals surface area (Å²) >= 11 is 0. The van der Waals surface area contributed by atoms with Crippen molar-refractivity contribution in [1.29, 1.82) is 0 Å². The Morgan fingerprint density at radius 3 is 1.69 bits per heavy atom. The smallest absolute Gasteiger partial charge is 0.173 e. The Bertz CT molecular complexity index is 875. The molecule has 0 radical (unpaired) electrons. The van der Waals surface area contributed by atoms with Crippen LogP contribution in [0.1, 0.15) is 17.3 Å². The summed E-state index contributed by atoms with van der Waals surface area (Å²) in [5, 5.41) is 1.39. The Balaban J connectivity index is 2.07. The largest absolute Gasteiger partial charge is 0.497 e. The number of ether oxygens (including phenoxy) is 1. The molecule has 0 aliphatic carbocycles. The van der Waals surface area contributed by atoms with Crippen molar-refractivity contribution in [2.24, 2.45) is 0 Å². The fourth-order valence-corrected chi connectivity index (χ4v) is 5.96. The monoisotopic (exact) mass is 364 g/mol. The van der Waals surface area contributed by atoms with Gasteiger partial charge in [0.2, 0.25) is 0 Å². The Hall–Kier alpha value is -2.64. The number of ketones is 1. The summed E-state index contributed by atoms with van der Waals surface area (Å²) in [7, 11) is -1.55. The van der Waals surface area contributed by atoms with Gasteiger partial charge in [-0.25, -0.2) is 0 Å². The number of methoxy groups -OCH3 is 1. The molecule has 1 unspecified atom stereocenters. The van der Waals surface area contributed by atoms with Crippen molar-refractivity contribution < 1.29 is 14.1 Å². The van der Waals surface area contributed by atoms with Crippen LogP contribution in [0.3, 0.4) is 0 Å². The van der Waals surface area contributed by atoms with Crippen molar-refractivity contribution in [1.82, 2.24) is 0 Å². The zero-order valence-corrected chi connectivity index (χ0v) is 15.7. The Labute approximate surface area is 154 Å². The number of rotatable bonds is 6. The van der Waals surface area contributed by atoms with Crippen LogP contribution in [0.5, 0.6) is 5.75 Å². The Morgan fingerprint density at radius 2 is 1.27 bits per heavy atom. The minimum Gasteiger partial charge on any atom is -0.497 e. The fraction of sp³-hybridized carbons (Fsp3) is 0.136. The van der Waals surface area contributed by atoms with Crippen LogP contribution in [0.2, 0.25) is 0 Å². The highest BCUT2D eigenvalue weighted by Crippen LogP contribution is 2.49. The van der Waals surface area contributed by atoms with E-state index in [9.17, 15) is 9.36 Å². The molecule has 3 nitrogen and oxygen atoms in total. The summed E-state index contributed by atoms with van der Waals surface area (Å²) < 4.78 is 19.4. The molecule has 3 aromatic carbocycles. The lowest BCUT2D eigenvalue weighted by molar-refractivity contribution is 0.0991. The lowest BCUT2D eigenvalue weighted by Crippen LogP contribution is -2.29. The van der Waals surface area contributed by atoms with E-state index in [4.69, 9.17) is 4.74 Å². The molecule has 26 heavy (non-hydrogen) atoms. The molecule has 0 saturated carbocycles. The summed E-state index contributed by atoms with van der Waals surface area (Å²) in [4.78, 5) is 13.1. The van der Waals surface area contributed by atoms with Gasteiger partial charge >= 0.3 is 0 Å². The van der Waals surface area contributed by atoms with Crippen LogP contribution in [-0.2, 0) is 4.57 Å². The van der Waals surface area contributed by atoms with Gasteiger partial charge in [0, 0.05) is 16.2 Å². The third-order valence-corrected chi connectivity index (χ3v) is 8.03. The van der Waals surface area contributed by atoms with Gasteiger partial charge in [-0.15, -0.1) is 0 Å². The summed E-state index contributed by atoms with van der Waals surface area (Å²) in [6.45, 7) is 1.76. The number of Topliss-reactive ketones (excluding diaryl/α,β-unsaturated/α-hetero) is 1. The van der Waals surface area contributed by atoms with Crippen LogP contribution in [-0.4, -0.2) is 18.6 Å². The quantitative estimate of drug-likeness (QED) is 0.484. The SMILES string of the molecule is COc1ccc(C(=O)C(C)P(=O)(c2ccccc2)c2ccccc2)cc1. The minimum absolute atomic E-state index is 0.135. The highest BCUT2D eigenvalue weighted by atomic mass is 31.2. The molecular weight excluding hydrogens is 343 g/mol. The molecule has 0 saturated heterocycles. The molecule has 132 valence electrons. The molecule has 0 aromatic heterocycles. The van der Waals surface area contributed by atoms with Crippen LogP contribution in [0, 0.1) is 0 Å². The maximum atomic E-state index is 14.2. The maximum absolute atomic E-state index is 14.2. The van der Waals surface area contributed by atoms with E-state index >= 15 is 0 Å². The summed E-state index contributed by atoms with van der Waals surface area (Å²) in [6.07, 6.45) is 0. The van der Waals surface area contributed by atoms with Crippen molar-refractivity contribution in [2.75, 3.05) is 7.11 Å². The molecule has 3 rings (SSSR count). The van der Waals surface area contributed by atoms with E-state index in [0.717, 1.165) is 0 Å².